The Bertz CT molecular complexity index is 527. The van der Waals surface area contributed by atoms with Gasteiger partial charge in [-0.25, -0.2) is 17.9 Å². The molecule has 17 heavy (non-hydrogen) atoms. The molecule has 0 heterocycles. The van der Waals surface area contributed by atoms with E-state index < -0.39 is 16.1 Å². The van der Waals surface area contributed by atoms with Crippen molar-refractivity contribution in [3.05, 3.63) is 28.8 Å². The van der Waals surface area contributed by atoms with Crippen molar-refractivity contribution in [1.82, 2.24) is 4.72 Å². The van der Waals surface area contributed by atoms with Crippen molar-refractivity contribution in [1.29, 1.82) is 0 Å². The number of sulfonamides is 1. The van der Waals surface area contributed by atoms with Crippen LogP contribution in [0.5, 0.6) is 0 Å². The molecule has 0 aliphatic heterocycles. The molecule has 0 spiro atoms. The van der Waals surface area contributed by atoms with Crippen LogP contribution in [-0.4, -0.2) is 19.8 Å². The summed E-state index contributed by atoms with van der Waals surface area (Å²) < 4.78 is 25.2. The molecule has 0 aliphatic carbocycles. The molecule has 0 atom stereocenters. The summed E-state index contributed by atoms with van der Waals surface area (Å²) in [4.78, 5) is 14.0. The lowest BCUT2D eigenvalue weighted by molar-refractivity contribution is -0.176. The second-order valence-corrected chi connectivity index (χ2v) is 5.33. The number of benzene rings is 1. The molecular formula is C10H13NO5S. The Kier molecular flexibility index (Phi) is 3.74. The van der Waals surface area contributed by atoms with E-state index in [0.29, 0.717) is 11.1 Å². The zero-order valence-corrected chi connectivity index (χ0v) is 10.5. The van der Waals surface area contributed by atoms with Gasteiger partial charge in [-0.15, -0.1) is 0 Å². The van der Waals surface area contributed by atoms with Crippen molar-refractivity contribution in [2.45, 2.75) is 25.7 Å². The van der Waals surface area contributed by atoms with E-state index in [1.807, 2.05) is 6.92 Å². The van der Waals surface area contributed by atoms with Crippen LogP contribution in [0.4, 0.5) is 4.79 Å². The van der Waals surface area contributed by atoms with E-state index in [4.69, 9.17) is 5.26 Å². The predicted molar refractivity (Wildman–Crippen MR) is 60.1 cm³/mol. The van der Waals surface area contributed by atoms with Gasteiger partial charge in [0.15, 0.2) is 0 Å². The standard InChI is InChI=1S/C10H13NO5S/c1-6-4-7(2)9(8(3)5-6)17(14,15)11-10(12)16-13/h4-5,13H,1-3H3,(H,11,12). The molecule has 0 aliphatic rings. The molecule has 0 unspecified atom stereocenters. The van der Waals surface area contributed by atoms with E-state index >= 15 is 0 Å². The molecule has 1 aromatic rings. The molecule has 0 bridgehead atoms. The fraction of sp³-hybridized carbons (Fsp3) is 0.300. The highest BCUT2D eigenvalue weighted by atomic mass is 32.2. The van der Waals surface area contributed by atoms with Crippen LogP contribution in [0.3, 0.4) is 0 Å². The Morgan fingerprint density at radius 1 is 1.24 bits per heavy atom. The zero-order valence-electron chi connectivity index (χ0n) is 9.64. The second kappa shape index (κ2) is 4.72. The maximum atomic E-state index is 11.8. The van der Waals surface area contributed by atoms with Crippen molar-refractivity contribution in [3.8, 4) is 0 Å². The number of nitrogens with one attached hydrogen (secondary N) is 1. The van der Waals surface area contributed by atoms with E-state index in [1.165, 1.54) is 0 Å². The Morgan fingerprint density at radius 2 is 1.71 bits per heavy atom. The molecule has 2 N–H and O–H groups in total. The quantitative estimate of drug-likeness (QED) is 0.620. The lowest BCUT2D eigenvalue weighted by Crippen LogP contribution is -2.31. The summed E-state index contributed by atoms with van der Waals surface area (Å²) >= 11 is 0. The molecule has 0 saturated heterocycles. The summed E-state index contributed by atoms with van der Waals surface area (Å²) in [5, 5.41) is 8.05. The fourth-order valence-corrected chi connectivity index (χ4v) is 3.09. The molecule has 94 valence electrons. The highest BCUT2D eigenvalue weighted by molar-refractivity contribution is 7.90. The largest absolute Gasteiger partial charge is 0.452 e. The van der Waals surface area contributed by atoms with Crippen LogP contribution in [0.2, 0.25) is 0 Å². The van der Waals surface area contributed by atoms with E-state index in [0.717, 1.165) is 5.56 Å². The monoisotopic (exact) mass is 259 g/mol. The van der Waals surface area contributed by atoms with Gasteiger partial charge in [0.1, 0.15) is 0 Å². The van der Waals surface area contributed by atoms with Crippen LogP contribution in [0.25, 0.3) is 0 Å². The minimum absolute atomic E-state index is 0.00787. The van der Waals surface area contributed by atoms with E-state index in [1.54, 1.807) is 30.7 Å². The first-order valence-electron chi connectivity index (χ1n) is 4.74. The maximum Gasteiger partial charge on any atom is 0.452 e. The van der Waals surface area contributed by atoms with Crippen LogP contribution >= 0.6 is 0 Å². The van der Waals surface area contributed by atoms with Crippen LogP contribution in [-0.2, 0) is 14.9 Å². The van der Waals surface area contributed by atoms with Crippen molar-refractivity contribution < 1.29 is 23.4 Å². The SMILES string of the molecule is Cc1cc(C)c(S(=O)(=O)NC(=O)OO)c(C)c1. The smallest absolute Gasteiger partial charge is 0.277 e. The molecule has 1 rings (SSSR count). The van der Waals surface area contributed by atoms with Crippen LogP contribution in [0.1, 0.15) is 16.7 Å². The van der Waals surface area contributed by atoms with Gasteiger partial charge in [-0.2, -0.15) is 5.26 Å². The van der Waals surface area contributed by atoms with Gasteiger partial charge >= 0.3 is 6.09 Å². The number of carbonyl (C=O) groups excluding carboxylic acids is 1. The summed E-state index contributed by atoms with van der Waals surface area (Å²) in [6.07, 6.45) is -1.44. The Morgan fingerprint density at radius 3 is 2.12 bits per heavy atom. The third-order valence-corrected chi connectivity index (χ3v) is 3.79. The molecule has 1 aromatic carbocycles. The molecule has 0 aromatic heterocycles. The minimum atomic E-state index is -4.03. The molecular weight excluding hydrogens is 246 g/mol. The molecule has 7 heteroatoms. The number of hydrogen-bond donors (Lipinski definition) is 2. The zero-order chi connectivity index (χ0) is 13.2. The second-order valence-electron chi connectivity index (χ2n) is 3.71. The summed E-state index contributed by atoms with van der Waals surface area (Å²) in [5.41, 5.74) is 1.95. The average molecular weight is 259 g/mol. The molecule has 0 saturated carbocycles. The number of hydrogen-bond acceptors (Lipinski definition) is 5. The number of aryl methyl sites for hydroxylation is 3. The van der Waals surface area contributed by atoms with Gasteiger partial charge in [0.2, 0.25) is 0 Å². The predicted octanol–water partition coefficient (Wildman–Crippen LogP) is 1.50. The number of rotatable bonds is 2. The first-order valence-corrected chi connectivity index (χ1v) is 6.22. The molecule has 1 amide bonds. The van der Waals surface area contributed by atoms with E-state index in [9.17, 15) is 13.2 Å². The van der Waals surface area contributed by atoms with Crippen molar-refractivity contribution in [2.75, 3.05) is 0 Å². The Balaban J connectivity index is 3.29. The van der Waals surface area contributed by atoms with Crippen molar-refractivity contribution >= 4 is 16.1 Å². The summed E-state index contributed by atoms with van der Waals surface area (Å²) in [5.74, 6) is 0. The van der Waals surface area contributed by atoms with E-state index in [2.05, 4.69) is 4.89 Å². The first-order chi connectivity index (χ1) is 7.77. The van der Waals surface area contributed by atoms with Crippen LogP contribution in [0, 0.1) is 20.8 Å². The number of carbonyl (C=O) groups is 1. The fourth-order valence-electron chi connectivity index (χ4n) is 1.77. The van der Waals surface area contributed by atoms with Crippen LogP contribution in [0.15, 0.2) is 17.0 Å². The van der Waals surface area contributed by atoms with Gasteiger partial charge in [0, 0.05) is 0 Å². The normalized spacial score (nSPS) is 11.1. The lowest BCUT2D eigenvalue weighted by atomic mass is 10.1. The molecule has 6 nitrogen and oxygen atoms in total. The lowest BCUT2D eigenvalue weighted by Gasteiger charge is -2.11. The maximum absolute atomic E-state index is 11.8. The van der Waals surface area contributed by atoms with Gasteiger partial charge in [-0.05, 0) is 31.9 Å². The third-order valence-electron chi connectivity index (χ3n) is 2.17. The summed E-state index contributed by atoms with van der Waals surface area (Å²) in [6, 6.07) is 3.37. The Labute approximate surface area is 99.2 Å². The minimum Gasteiger partial charge on any atom is -0.277 e. The van der Waals surface area contributed by atoms with Crippen LogP contribution < -0.4 is 4.72 Å². The van der Waals surface area contributed by atoms with Gasteiger partial charge in [0.05, 0.1) is 4.90 Å². The highest BCUT2D eigenvalue weighted by Gasteiger charge is 2.23. The first kappa shape index (κ1) is 13.5. The highest BCUT2D eigenvalue weighted by Crippen LogP contribution is 2.21. The molecule has 0 radical (unpaired) electrons. The Hall–Kier alpha value is -1.60. The molecule has 0 fully saturated rings. The van der Waals surface area contributed by atoms with Gasteiger partial charge in [-0.3, -0.25) is 4.89 Å². The van der Waals surface area contributed by atoms with Gasteiger partial charge in [-0.1, -0.05) is 17.7 Å². The number of amides is 1. The van der Waals surface area contributed by atoms with E-state index in [-0.39, 0.29) is 4.90 Å². The van der Waals surface area contributed by atoms with Gasteiger partial charge in [0.25, 0.3) is 10.0 Å². The topological polar surface area (TPSA) is 92.7 Å². The summed E-state index contributed by atoms with van der Waals surface area (Å²) in [6.45, 7) is 5.09. The van der Waals surface area contributed by atoms with Gasteiger partial charge < -0.3 is 0 Å². The average Bonchev–Trinajstić information content (AvgIpc) is 2.14. The van der Waals surface area contributed by atoms with Crippen molar-refractivity contribution in [2.24, 2.45) is 0 Å². The third kappa shape index (κ3) is 2.95. The summed E-state index contributed by atoms with van der Waals surface area (Å²) in [7, 11) is -4.03. The van der Waals surface area contributed by atoms with Crippen molar-refractivity contribution in [3.63, 3.8) is 0 Å².